The van der Waals surface area contributed by atoms with Crippen LogP contribution in [-0.4, -0.2) is 46.9 Å². The molecule has 6 heteroatoms. The van der Waals surface area contributed by atoms with Crippen molar-refractivity contribution in [3.8, 4) is 0 Å². The first-order chi connectivity index (χ1) is 6.74. The highest BCUT2D eigenvalue weighted by Gasteiger charge is 2.01. The molecule has 1 aromatic heterocycles. The second kappa shape index (κ2) is 7.76. The number of amidine groups is 1. The number of thioether (sulfide) groups is 1. The Morgan fingerprint density at radius 2 is 2.33 bits per heavy atom. The van der Waals surface area contributed by atoms with Crippen molar-refractivity contribution in [1.29, 1.82) is 0 Å². The van der Waals surface area contributed by atoms with E-state index in [-0.39, 0.29) is 17.0 Å². The Morgan fingerprint density at radius 1 is 1.60 bits per heavy atom. The molecule has 1 heterocycles. The minimum Gasteiger partial charge on any atom is -0.358 e. The van der Waals surface area contributed by atoms with Gasteiger partial charge in [0.15, 0.2) is 5.17 Å². The van der Waals surface area contributed by atoms with E-state index in [1.165, 1.54) is 5.69 Å². The minimum absolute atomic E-state index is 0. The maximum atomic E-state index is 4.19. The summed E-state index contributed by atoms with van der Waals surface area (Å²) in [6, 6.07) is 0. The second-order valence-electron chi connectivity index (χ2n) is 3.08. The topological polar surface area (TPSA) is 44.3 Å². The Bertz CT molecular complexity index is 284. The number of aryl methyl sites for hydroxylation is 1. The van der Waals surface area contributed by atoms with Crippen molar-refractivity contribution in [2.45, 2.75) is 6.42 Å². The van der Waals surface area contributed by atoms with Crippen LogP contribution in [0.15, 0.2) is 17.5 Å². The molecule has 0 aromatic carbocycles. The van der Waals surface area contributed by atoms with Gasteiger partial charge in [0.2, 0.25) is 0 Å². The van der Waals surface area contributed by atoms with Crippen molar-refractivity contribution in [3.63, 3.8) is 0 Å². The molecule has 0 amide bonds. The van der Waals surface area contributed by atoms with Gasteiger partial charge in [-0.25, -0.2) is 4.98 Å². The predicted molar refractivity (Wildman–Crippen MR) is 72.1 cm³/mol. The van der Waals surface area contributed by atoms with Crippen LogP contribution in [0.3, 0.4) is 0 Å². The number of rotatable bonds is 3. The highest BCUT2D eigenvalue weighted by atomic mass is 79.9. The first-order valence-corrected chi connectivity index (χ1v) is 5.46. The van der Waals surface area contributed by atoms with Gasteiger partial charge in [-0.15, -0.1) is 17.0 Å². The van der Waals surface area contributed by atoms with E-state index in [0.717, 1.165) is 17.3 Å². The third-order valence-electron chi connectivity index (χ3n) is 1.73. The fourth-order valence-corrected chi connectivity index (χ4v) is 1.96. The summed E-state index contributed by atoms with van der Waals surface area (Å²) in [6.45, 7) is 0. The molecule has 15 heavy (non-hydrogen) atoms. The van der Waals surface area contributed by atoms with Crippen LogP contribution in [0, 0.1) is 0 Å². The number of aromatic nitrogens is 2. The summed E-state index contributed by atoms with van der Waals surface area (Å²) in [6.07, 6.45) is 4.57. The van der Waals surface area contributed by atoms with Gasteiger partial charge in [0.25, 0.3) is 0 Å². The van der Waals surface area contributed by atoms with Crippen LogP contribution < -0.4 is 0 Å². The van der Waals surface area contributed by atoms with E-state index in [1.54, 1.807) is 18.1 Å². The van der Waals surface area contributed by atoms with Crippen LogP contribution in [0.2, 0.25) is 0 Å². The number of aromatic amines is 1. The zero-order chi connectivity index (χ0) is 10.4. The third-order valence-corrected chi connectivity index (χ3v) is 2.95. The summed E-state index contributed by atoms with van der Waals surface area (Å²) >= 11 is 1.76. The minimum atomic E-state index is 0. The SMILES string of the molecule is Br.CN=C(SCCc1cnc[nH]1)N(C)C. The largest absolute Gasteiger partial charge is 0.358 e. The molecule has 0 unspecified atom stereocenters. The Labute approximate surface area is 105 Å². The summed E-state index contributed by atoms with van der Waals surface area (Å²) in [4.78, 5) is 13.3. The number of hydrogen-bond acceptors (Lipinski definition) is 3. The number of nitrogens with zero attached hydrogens (tertiary/aromatic N) is 3. The zero-order valence-electron chi connectivity index (χ0n) is 9.23. The van der Waals surface area contributed by atoms with Gasteiger partial charge in [0, 0.05) is 38.8 Å². The van der Waals surface area contributed by atoms with Gasteiger partial charge in [-0.3, -0.25) is 4.99 Å². The second-order valence-corrected chi connectivity index (χ2v) is 4.14. The van der Waals surface area contributed by atoms with Crippen molar-refractivity contribution >= 4 is 33.9 Å². The fourth-order valence-electron chi connectivity index (χ4n) is 1.07. The lowest BCUT2D eigenvalue weighted by atomic mass is 10.4. The van der Waals surface area contributed by atoms with Gasteiger partial charge in [-0.1, -0.05) is 11.8 Å². The third kappa shape index (κ3) is 5.22. The molecule has 0 aliphatic carbocycles. The van der Waals surface area contributed by atoms with Gasteiger partial charge in [-0.2, -0.15) is 0 Å². The molecule has 86 valence electrons. The molecule has 0 bridgehead atoms. The Balaban J connectivity index is 0.00000196. The molecule has 1 rings (SSSR count). The molecule has 0 saturated heterocycles. The molecule has 0 aliphatic rings. The zero-order valence-corrected chi connectivity index (χ0v) is 11.8. The molecule has 4 nitrogen and oxygen atoms in total. The average molecular weight is 293 g/mol. The summed E-state index contributed by atoms with van der Waals surface area (Å²) in [7, 11) is 5.83. The van der Waals surface area contributed by atoms with Crippen LogP contribution in [0.25, 0.3) is 0 Å². The summed E-state index contributed by atoms with van der Waals surface area (Å²) in [5, 5.41) is 1.06. The number of imidazole rings is 1. The van der Waals surface area contributed by atoms with Crippen molar-refractivity contribution in [1.82, 2.24) is 14.9 Å². The van der Waals surface area contributed by atoms with E-state index < -0.39 is 0 Å². The highest BCUT2D eigenvalue weighted by molar-refractivity contribution is 8.93. The highest BCUT2D eigenvalue weighted by Crippen LogP contribution is 2.08. The molecule has 1 N–H and O–H groups in total. The molecular formula is C9H17BrN4S. The first-order valence-electron chi connectivity index (χ1n) is 4.48. The van der Waals surface area contributed by atoms with E-state index in [2.05, 4.69) is 15.0 Å². The smallest absolute Gasteiger partial charge is 0.158 e. The lowest BCUT2D eigenvalue weighted by molar-refractivity contribution is 0.635. The van der Waals surface area contributed by atoms with E-state index >= 15 is 0 Å². The lowest BCUT2D eigenvalue weighted by Crippen LogP contribution is -2.19. The predicted octanol–water partition coefficient (Wildman–Crippen LogP) is 1.81. The maximum Gasteiger partial charge on any atom is 0.158 e. The van der Waals surface area contributed by atoms with Crippen molar-refractivity contribution in [2.24, 2.45) is 4.99 Å². The molecule has 0 spiro atoms. The number of aliphatic imine (C=N–C) groups is 1. The molecule has 0 atom stereocenters. The molecule has 0 saturated carbocycles. The Kier molecular flexibility index (Phi) is 7.50. The van der Waals surface area contributed by atoms with Gasteiger partial charge in [0.05, 0.1) is 6.33 Å². The standard InChI is InChI=1S/C9H16N4S.BrH/c1-10-9(13(2)3)14-5-4-8-6-11-7-12-8;/h6-7H,4-5H2,1-3H3,(H,11,12);1H. The molecule has 1 aromatic rings. The van der Waals surface area contributed by atoms with Gasteiger partial charge >= 0.3 is 0 Å². The summed E-state index contributed by atoms with van der Waals surface area (Å²) in [5.74, 6) is 1.02. The quantitative estimate of drug-likeness (QED) is 0.683. The number of nitrogens with one attached hydrogen (secondary N) is 1. The average Bonchev–Trinajstić information content (AvgIpc) is 2.64. The van der Waals surface area contributed by atoms with Gasteiger partial charge < -0.3 is 9.88 Å². The van der Waals surface area contributed by atoms with Crippen LogP contribution in [0.1, 0.15) is 5.69 Å². The van der Waals surface area contributed by atoms with Gasteiger partial charge in [-0.05, 0) is 6.42 Å². The summed E-state index contributed by atoms with van der Waals surface area (Å²) in [5.41, 5.74) is 1.17. The number of H-pyrrole nitrogens is 1. The number of hydrogen-bond donors (Lipinski definition) is 1. The fraction of sp³-hybridized carbons (Fsp3) is 0.556. The van der Waals surface area contributed by atoms with Crippen molar-refractivity contribution in [3.05, 3.63) is 18.2 Å². The molecular weight excluding hydrogens is 276 g/mol. The van der Waals surface area contributed by atoms with Crippen LogP contribution in [0.4, 0.5) is 0 Å². The summed E-state index contributed by atoms with van der Waals surface area (Å²) < 4.78 is 0. The molecule has 0 radical (unpaired) electrons. The van der Waals surface area contributed by atoms with Crippen LogP contribution in [-0.2, 0) is 6.42 Å². The first kappa shape index (κ1) is 14.5. The van der Waals surface area contributed by atoms with Crippen LogP contribution in [0.5, 0.6) is 0 Å². The monoisotopic (exact) mass is 292 g/mol. The van der Waals surface area contributed by atoms with Crippen molar-refractivity contribution < 1.29 is 0 Å². The Hall–Kier alpha value is -0.490. The van der Waals surface area contributed by atoms with E-state index in [9.17, 15) is 0 Å². The van der Waals surface area contributed by atoms with Crippen LogP contribution >= 0.6 is 28.7 Å². The van der Waals surface area contributed by atoms with Gasteiger partial charge in [0.1, 0.15) is 0 Å². The van der Waals surface area contributed by atoms with E-state index in [0.29, 0.717) is 0 Å². The Morgan fingerprint density at radius 3 is 2.80 bits per heavy atom. The normalized spacial score (nSPS) is 11.0. The lowest BCUT2D eigenvalue weighted by Gasteiger charge is -2.13. The maximum absolute atomic E-state index is 4.19. The van der Waals surface area contributed by atoms with E-state index in [1.807, 2.05) is 32.2 Å². The molecule has 0 fully saturated rings. The molecule has 0 aliphatic heterocycles. The number of halogens is 1. The van der Waals surface area contributed by atoms with Crippen molar-refractivity contribution in [2.75, 3.05) is 26.9 Å². The van der Waals surface area contributed by atoms with E-state index in [4.69, 9.17) is 0 Å².